The molecule has 1 fully saturated rings. The van der Waals surface area contributed by atoms with Gasteiger partial charge in [0.2, 0.25) is 5.95 Å². The van der Waals surface area contributed by atoms with Gasteiger partial charge in [0.25, 0.3) is 0 Å². The van der Waals surface area contributed by atoms with Crippen LogP contribution in [0.1, 0.15) is 19.4 Å². The molecule has 18 heavy (non-hydrogen) atoms. The Bertz CT molecular complexity index is 358. The molecule has 1 aliphatic rings. The molecule has 0 saturated carbocycles. The van der Waals surface area contributed by atoms with E-state index in [-0.39, 0.29) is 6.61 Å². The molecule has 0 aromatic carbocycles. The van der Waals surface area contributed by atoms with Crippen molar-refractivity contribution in [1.82, 2.24) is 14.9 Å². The highest BCUT2D eigenvalue weighted by atomic mass is 16.3. The van der Waals surface area contributed by atoms with Gasteiger partial charge in [-0.25, -0.2) is 9.97 Å². The van der Waals surface area contributed by atoms with Crippen LogP contribution in [-0.2, 0) is 6.61 Å². The number of anilines is 1. The molecule has 1 aromatic heterocycles. The number of hydrogen-bond donors (Lipinski definition) is 1. The van der Waals surface area contributed by atoms with Gasteiger partial charge < -0.3 is 10.0 Å². The van der Waals surface area contributed by atoms with Crippen molar-refractivity contribution in [2.75, 3.05) is 37.6 Å². The van der Waals surface area contributed by atoms with Gasteiger partial charge in [-0.05, 0) is 5.92 Å². The summed E-state index contributed by atoms with van der Waals surface area (Å²) in [5, 5.41) is 8.96. The lowest BCUT2D eigenvalue weighted by atomic mass is 10.2. The molecule has 0 atom stereocenters. The van der Waals surface area contributed by atoms with E-state index < -0.39 is 0 Å². The van der Waals surface area contributed by atoms with Gasteiger partial charge >= 0.3 is 0 Å². The maximum Gasteiger partial charge on any atom is 0.225 e. The van der Waals surface area contributed by atoms with Crippen LogP contribution in [0.4, 0.5) is 5.95 Å². The van der Waals surface area contributed by atoms with Crippen molar-refractivity contribution in [2.45, 2.75) is 20.5 Å². The molecule has 0 unspecified atom stereocenters. The van der Waals surface area contributed by atoms with Crippen LogP contribution in [0, 0.1) is 5.92 Å². The van der Waals surface area contributed by atoms with Crippen molar-refractivity contribution >= 4 is 5.95 Å². The molecule has 0 spiro atoms. The van der Waals surface area contributed by atoms with Crippen LogP contribution in [0.3, 0.4) is 0 Å². The summed E-state index contributed by atoms with van der Waals surface area (Å²) >= 11 is 0. The molecular formula is C13H22N4O. The van der Waals surface area contributed by atoms with Crippen molar-refractivity contribution < 1.29 is 5.11 Å². The highest BCUT2D eigenvalue weighted by Gasteiger charge is 2.19. The van der Waals surface area contributed by atoms with E-state index in [1.807, 2.05) is 0 Å². The van der Waals surface area contributed by atoms with Crippen LogP contribution < -0.4 is 4.90 Å². The standard InChI is InChI=1S/C13H22N4O/c1-11(2)9-16-3-5-17(6-4-16)13-14-7-12(10-18)8-15-13/h7-8,11,18H,3-6,9-10H2,1-2H3. The summed E-state index contributed by atoms with van der Waals surface area (Å²) in [4.78, 5) is 13.3. The molecule has 100 valence electrons. The Labute approximate surface area is 108 Å². The van der Waals surface area contributed by atoms with Crippen LogP contribution in [0.5, 0.6) is 0 Å². The minimum Gasteiger partial charge on any atom is -0.392 e. The number of hydrogen-bond acceptors (Lipinski definition) is 5. The van der Waals surface area contributed by atoms with Crippen molar-refractivity contribution in [1.29, 1.82) is 0 Å². The number of aromatic nitrogens is 2. The second-order valence-electron chi connectivity index (χ2n) is 5.23. The topological polar surface area (TPSA) is 52.5 Å². The lowest BCUT2D eigenvalue weighted by Gasteiger charge is -2.35. The van der Waals surface area contributed by atoms with Crippen LogP contribution in [0.25, 0.3) is 0 Å². The first kappa shape index (κ1) is 13.2. The lowest BCUT2D eigenvalue weighted by molar-refractivity contribution is 0.230. The molecule has 0 amide bonds. The fourth-order valence-corrected chi connectivity index (χ4v) is 2.24. The summed E-state index contributed by atoms with van der Waals surface area (Å²) in [5.74, 6) is 1.49. The van der Waals surface area contributed by atoms with Crippen LogP contribution in [0.2, 0.25) is 0 Å². The van der Waals surface area contributed by atoms with E-state index in [9.17, 15) is 0 Å². The van der Waals surface area contributed by atoms with E-state index in [4.69, 9.17) is 5.11 Å². The summed E-state index contributed by atoms with van der Waals surface area (Å²) < 4.78 is 0. The average molecular weight is 250 g/mol. The van der Waals surface area contributed by atoms with Gasteiger partial charge in [-0.1, -0.05) is 13.8 Å². The molecule has 1 saturated heterocycles. The maximum atomic E-state index is 8.96. The highest BCUT2D eigenvalue weighted by molar-refractivity contribution is 5.30. The molecular weight excluding hydrogens is 228 g/mol. The number of aliphatic hydroxyl groups excluding tert-OH is 1. The Morgan fingerprint density at radius 2 is 1.78 bits per heavy atom. The van der Waals surface area contributed by atoms with Crippen molar-refractivity contribution in [3.05, 3.63) is 18.0 Å². The molecule has 1 aromatic rings. The van der Waals surface area contributed by atoms with Gasteiger partial charge in [-0.15, -0.1) is 0 Å². The highest BCUT2D eigenvalue weighted by Crippen LogP contribution is 2.11. The molecule has 5 nitrogen and oxygen atoms in total. The van der Waals surface area contributed by atoms with Gasteiger partial charge in [-0.3, -0.25) is 4.90 Å². The molecule has 0 bridgehead atoms. The first-order valence-corrected chi connectivity index (χ1v) is 6.58. The van der Waals surface area contributed by atoms with Gasteiger partial charge in [0.1, 0.15) is 0 Å². The lowest BCUT2D eigenvalue weighted by Crippen LogP contribution is -2.48. The zero-order valence-electron chi connectivity index (χ0n) is 11.2. The number of nitrogens with zero attached hydrogens (tertiary/aromatic N) is 4. The number of aliphatic hydroxyl groups is 1. The maximum absolute atomic E-state index is 8.96. The summed E-state index contributed by atoms with van der Waals surface area (Å²) in [7, 11) is 0. The summed E-state index contributed by atoms with van der Waals surface area (Å²) in [5.41, 5.74) is 0.761. The average Bonchev–Trinajstić information content (AvgIpc) is 2.39. The van der Waals surface area contributed by atoms with Crippen LogP contribution in [-0.4, -0.2) is 52.7 Å². The van der Waals surface area contributed by atoms with E-state index in [2.05, 4.69) is 33.6 Å². The van der Waals surface area contributed by atoms with Gasteiger partial charge in [0.15, 0.2) is 0 Å². The van der Waals surface area contributed by atoms with E-state index >= 15 is 0 Å². The third-order valence-corrected chi connectivity index (χ3v) is 3.15. The molecule has 0 radical (unpaired) electrons. The third-order valence-electron chi connectivity index (χ3n) is 3.15. The molecule has 0 aliphatic carbocycles. The predicted molar refractivity (Wildman–Crippen MR) is 71.4 cm³/mol. The molecule has 2 rings (SSSR count). The second-order valence-corrected chi connectivity index (χ2v) is 5.23. The van der Waals surface area contributed by atoms with E-state index in [0.717, 1.165) is 50.2 Å². The fourth-order valence-electron chi connectivity index (χ4n) is 2.24. The Balaban J connectivity index is 1.88. The Morgan fingerprint density at radius 1 is 1.17 bits per heavy atom. The second kappa shape index (κ2) is 6.11. The van der Waals surface area contributed by atoms with Crippen LogP contribution >= 0.6 is 0 Å². The summed E-state index contributed by atoms with van der Waals surface area (Å²) in [6, 6.07) is 0. The molecule has 2 heterocycles. The fraction of sp³-hybridized carbons (Fsp3) is 0.692. The normalized spacial score (nSPS) is 17.4. The molecule has 1 aliphatic heterocycles. The third kappa shape index (κ3) is 3.40. The largest absolute Gasteiger partial charge is 0.392 e. The predicted octanol–water partition coefficient (Wildman–Crippen LogP) is 0.747. The Kier molecular flexibility index (Phi) is 4.49. The van der Waals surface area contributed by atoms with E-state index in [1.54, 1.807) is 12.4 Å². The monoisotopic (exact) mass is 250 g/mol. The van der Waals surface area contributed by atoms with Gasteiger partial charge in [-0.2, -0.15) is 0 Å². The first-order valence-electron chi connectivity index (χ1n) is 6.58. The summed E-state index contributed by atoms with van der Waals surface area (Å²) in [6.07, 6.45) is 3.39. The van der Waals surface area contributed by atoms with E-state index in [1.165, 1.54) is 0 Å². The zero-order valence-corrected chi connectivity index (χ0v) is 11.2. The number of piperazine rings is 1. The Hall–Kier alpha value is -1.20. The first-order chi connectivity index (χ1) is 8.69. The smallest absolute Gasteiger partial charge is 0.225 e. The van der Waals surface area contributed by atoms with Crippen molar-refractivity contribution in [3.63, 3.8) is 0 Å². The molecule has 1 N–H and O–H groups in total. The van der Waals surface area contributed by atoms with E-state index in [0.29, 0.717) is 0 Å². The van der Waals surface area contributed by atoms with Gasteiger partial charge in [0.05, 0.1) is 6.61 Å². The van der Waals surface area contributed by atoms with Crippen LogP contribution in [0.15, 0.2) is 12.4 Å². The Morgan fingerprint density at radius 3 is 2.28 bits per heavy atom. The van der Waals surface area contributed by atoms with Gasteiger partial charge in [0, 0.05) is 50.7 Å². The quantitative estimate of drug-likeness (QED) is 0.854. The number of rotatable bonds is 4. The molecule has 5 heteroatoms. The van der Waals surface area contributed by atoms with Crippen molar-refractivity contribution in [3.8, 4) is 0 Å². The summed E-state index contributed by atoms with van der Waals surface area (Å²) in [6.45, 7) is 9.77. The SMILES string of the molecule is CC(C)CN1CCN(c2ncc(CO)cn2)CC1. The zero-order chi connectivity index (χ0) is 13.0. The minimum absolute atomic E-state index is 0.00243. The minimum atomic E-state index is 0.00243. The van der Waals surface area contributed by atoms with Crippen molar-refractivity contribution in [2.24, 2.45) is 5.92 Å².